The monoisotopic (exact) mass is 399 g/mol. The average Bonchev–Trinajstić information content (AvgIpc) is 3.10. The minimum Gasteiger partial charge on any atom is -0.464 e. The largest absolute Gasteiger partial charge is 0.464 e. The van der Waals surface area contributed by atoms with Crippen LogP contribution in [0.1, 0.15) is 27.0 Å². The first-order chi connectivity index (χ1) is 14.5. The Kier molecular flexibility index (Phi) is 5.30. The summed E-state index contributed by atoms with van der Waals surface area (Å²) in [6.45, 7) is 4.07. The zero-order valence-corrected chi connectivity index (χ0v) is 16.7. The summed E-state index contributed by atoms with van der Waals surface area (Å²) in [4.78, 5) is 29.0. The number of hydrogen-bond donors (Lipinski definition) is 2. The van der Waals surface area contributed by atoms with E-state index in [1.807, 2.05) is 26.0 Å². The van der Waals surface area contributed by atoms with Crippen LogP contribution in [0.4, 0.5) is 11.4 Å². The van der Waals surface area contributed by atoms with Crippen LogP contribution in [0.15, 0.2) is 71.6 Å². The predicted octanol–water partition coefficient (Wildman–Crippen LogP) is 4.88. The summed E-state index contributed by atoms with van der Waals surface area (Å²) in [5.41, 5.74) is 5.56. The van der Waals surface area contributed by atoms with Crippen LogP contribution in [0.2, 0.25) is 0 Å². The van der Waals surface area contributed by atoms with Gasteiger partial charge in [-0.1, -0.05) is 6.07 Å². The van der Waals surface area contributed by atoms with Gasteiger partial charge >= 0.3 is 0 Å². The number of nitrogens with zero attached hydrogens (tertiary/aromatic N) is 1. The van der Waals surface area contributed by atoms with Crippen LogP contribution < -0.4 is 10.6 Å². The van der Waals surface area contributed by atoms with E-state index in [0.717, 1.165) is 27.7 Å². The Morgan fingerprint density at radius 2 is 1.70 bits per heavy atom. The van der Waals surface area contributed by atoms with E-state index >= 15 is 0 Å². The third-order valence-electron chi connectivity index (χ3n) is 4.97. The topological polar surface area (TPSA) is 84.2 Å². The first kappa shape index (κ1) is 19.4. The maximum Gasteiger partial charge on any atom is 0.255 e. The number of carbonyl (C=O) groups excluding carboxylic acids is 2. The number of amides is 2. The second-order valence-corrected chi connectivity index (χ2v) is 7.19. The molecule has 2 heterocycles. The van der Waals surface area contributed by atoms with Gasteiger partial charge in [-0.05, 0) is 67.4 Å². The molecule has 0 unspecified atom stereocenters. The van der Waals surface area contributed by atoms with Gasteiger partial charge in [0, 0.05) is 40.3 Å². The van der Waals surface area contributed by atoms with Crippen molar-refractivity contribution in [2.45, 2.75) is 20.3 Å². The fourth-order valence-electron chi connectivity index (χ4n) is 3.23. The normalized spacial score (nSPS) is 10.7. The molecule has 4 rings (SSSR count). The molecule has 30 heavy (non-hydrogen) atoms. The molecule has 2 N–H and O–H groups in total. The second-order valence-electron chi connectivity index (χ2n) is 7.19. The van der Waals surface area contributed by atoms with E-state index in [-0.39, 0.29) is 18.2 Å². The molecule has 4 aromatic rings. The van der Waals surface area contributed by atoms with Crippen LogP contribution in [-0.2, 0) is 11.2 Å². The number of pyridine rings is 1. The van der Waals surface area contributed by atoms with Gasteiger partial charge in [-0.3, -0.25) is 14.6 Å². The van der Waals surface area contributed by atoms with Crippen LogP contribution in [0.5, 0.6) is 0 Å². The highest BCUT2D eigenvalue weighted by Gasteiger charge is 2.13. The van der Waals surface area contributed by atoms with Crippen LogP contribution in [0.3, 0.4) is 0 Å². The SMILES string of the molecule is Cc1cc2occ(CC(=O)Nc3cccc(C(=O)Nc4ccncc4)c3)c2cc1C. The van der Waals surface area contributed by atoms with Gasteiger partial charge in [-0.15, -0.1) is 0 Å². The predicted molar refractivity (Wildman–Crippen MR) is 117 cm³/mol. The van der Waals surface area contributed by atoms with Gasteiger partial charge in [-0.2, -0.15) is 0 Å². The van der Waals surface area contributed by atoms with Crippen LogP contribution in [0, 0.1) is 13.8 Å². The van der Waals surface area contributed by atoms with Crippen molar-refractivity contribution < 1.29 is 14.0 Å². The highest BCUT2D eigenvalue weighted by atomic mass is 16.3. The van der Waals surface area contributed by atoms with Crippen molar-refractivity contribution in [3.8, 4) is 0 Å². The molecule has 2 aromatic carbocycles. The fraction of sp³-hybridized carbons (Fsp3) is 0.125. The molecule has 0 spiro atoms. The number of hydrogen-bond acceptors (Lipinski definition) is 4. The smallest absolute Gasteiger partial charge is 0.255 e. The van der Waals surface area contributed by atoms with Crippen molar-refractivity contribution >= 4 is 34.2 Å². The molecule has 0 atom stereocenters. The summed E-state index contributed by atoms with van der Waals surface area (Å²) in [6, 6.07) is 14.3. The third kappa shape index (κ3) is 4.22. The van der Waals surface area contributed by atoms with Crippen molar-refractivity contribution in [3.05, 3.63) is 89.4 Å². The highest BCUT2D eigenvalue weighted by Crippen LogP contribution is 2.25. The number of nitrogens with one attached hydrogen (secondary N) is 2. The van der Waals surface area contributed by atoms with Gasteiger partial charge in [0.1, 0.15) is 5.58 Å². The minimum atomic E-state index is -0.260. The van der Waals surface area contributed by atoms with Gasteiger partial charge in [-0.25, -0.2) is 0 Å². The maximum atomic E-state index is 12.6. The van der Waals surface area contributed by atoms with Crippen molar-refractivity contribution in [1.82, 2.24) is 4.98 Å². The lowest BCUT2D eigenvalue weighted by atomic mass is 10.0. The molecule has 0 saturated carbocycles. The van der Waals surface area contributed by atoms with Crippen molar-refractivity contribution in [2.75, 3.05) is 10.6 Å². The number of anilines is 2. The molecule has 6 heteroatoms. The molecule has 0 fully saturated rings. The summed E-state index contributed by atoms with van der Waals surface area (Å²) < 4.78 is 5.61. The van der Waals surface area contributed by atoms with Crippen LogP contribution >= 0.6 is 0 Å². The Morgan fingerprint density at radius 1 is 0.933 bits per heavy atom. The Bertz CT molecular complexity index is 1230. The molecule has 150 valence electrons. The van der Waals surface area contributed by atoms with Gasteiger partial charge in [0.15, 0.2) is 0 Å². The highest BCUT2D eigenvalue weighted by molar-refractivity contribution is 6.05. The summed E-state index contributed by atoms with van der Waals surface area (Å²) >= 11 is 0. The second kappa shape index (κ2) is 8.21. The molecule has 0 radical (unpaired) electrons. The molecule has 2 aromatic heterocycles. The van der Waals surface area contributed by atoms with E-state index in [1.54, 1.807) is 55.1 Å². The van der Waals surface area contributed by atoms with Crippen LogP contribution in [0.25, 0.3) is 11.0 Å². The number of rotatable bonds is 5. The quantitative estimate of drug-likeness (QED) is 0.501. The third-order valence-corrected chi connectivity index (χ3v) is 4.97. The van der Waals surface area contributed by atoms with Gasteiger partial charge in [0.2, 0.25) is 5.91 Å². The lowest BCUT2D eigenvalue weighted by Gasteiger charge is -2.08. The molecule has 0 bridgehead atoms. The maximum absolute atomic E-state index is 12.6. The van der Waals surface area contributed by atoms with Crippen molar-refractivity contribution in [2.24, 2.45) is 0 Å². The molecule has 0 aliphatic carbocycles. The number of furan rings is 1. The Hall–Kier alpha value is -3.93. The average molecular weight is 399 g/mol. The molecule has 0 aliphatic heterocycles. The van der Waals surface area contributed by atoms with Gasteiger partial charge in [0.25, 0.3) is 5.91 Å². The lowest BCUT2D eigenvalue weighted by molar-refractivity contribution is -0.115. The van der Waals surface area contributed by atoms with E-state index in [4.69, 9.17) is 4.42 Å². The van der Waals surface area contributed by atoms with E-state index < -0.39 is 0 Å². The van der Waals surface area contributed by atoms with Crippen molar-refractivity contribution in [3.63, 3.8) is 0 Å². The molecule has 2 amide bonds. The summed E-state index contributed by atoms with van der Waals surface area (Å²) in [5.74, 6) is -0.438. The molecular formula is C24H21N3O3. The Balaban J connectivity index is 1.46. The summed E-state index contributed by atoms with van der Waals surface area (Å²) in [5, 5.41) is 6.60. The molecular weight excluding hydrogens is 378 g/mol. The number of aromatic nitrogens is 1. The number of carbonyl (C=O) groups is 2. The van der Waals surface area contributed by atoms with E-state index in [9.17, 15) is 9.59 Å². The first-order valence-corrected chi connectivity index (χ1v) is 9.58. The number of benzene rings is 2. The molecule has 6 nitrogen and oxygen atoms in total. The van der Waals surface area contributed by atoms with E-state index in [1.165, 1.54) is 0 Å². The number of aryl methyl sites for hydroxylation is 2. The van der Waals surface area contributed by atoms with Crippen molar-refractivity contribution in [1.29, 1.82) is 0 Å². The zero-order chi connectivity index (χ0) is 21.1. The number of fused-ring (bicyclic) bond motifs is 1. The summed E-state index contributed by atoms with van der Waals surface area (Å²) in [6.07, 6.45) is 5.02. The zero-order valence-electron chi connectivity index (χ0n) is 16.7. The Labute approximate surface area is 173 Å². The van der Waals surface area contributed by atoms with Gasteiger partial charge in [0.05, 0.1) is 12.7 Å². The fourth-order valence-corrected chi connectivity index (χ4v) is 3.23. The first-order valence-electron chi connectivity index (χ1n) is 9.58. The minimum absolute atomic E-state index is 0.178. The molecule has 0 aliphatic rings. The van der Waals surface area contributed by atoms with Crippen LogP contribution in [-0.4, -0.2) is 16.8 Å². The standard InChI is InChI=1S/C24H21N3O3/c1-15-10-21-18(14-30-22(21)11-16(15)2)13-23(28)26-20-5-3-4-17(12-20)24(29)27-19-6-8-25-9-7-19/h3-12,14H,13H2,1-2H3,(H,26,28)(H,25,27,29). The van der Waals surface area contributed by atoms with Gasteiger partial charge < -0.3 is 15.1 Å². The molecule has 0 saturated heterocycles. The summed E-state index contributed by atoms with van der Waals surface area (Å²) in [7, 11) is 0. The Morgan fingerprint density at radius 3 is 2.50 bits per heavy atom. The van der Waals surface area contributed by atoms with E-state index in [0.29, 0.717) is 16.9 Å². The lowest BCUT2D eigenvalue weighted by Crippen LogP contribution is -2.16. The van der Waals surface area contributed by atoms with E-state index in [2.05, 4.69) is 15.6 Å².